The van der Waals surface area contributed by atoms with Crippen molar-refractivity contribution in [1.82, 2.24) is 15.3 Å². The van der Waals surface area contributed by atoms with Crippen molar-refractivity contribution in [2.24, 2.45) is 0 Å². The van der Waals surface area contributed by atoms with E-state index in [9.17, 15) is 5.26 Å². The van der Waals surface area contributed by atoms with E-state index < -0.39 is 5.54 Å². The van der Waals surface area contributed by atoms with Crippen LogP contribution < -0.4 is 5.32 Å². The Hall–Kier alpha value is -1.12. The average molecular weight is 292 g/mol. The molecule has 1 atom stereocenters. The van der Waals surface area contributed by atoms with Gasteiger partial charge in [0, 0.05) is 23.7 Å². The number of hydrogen-bond acceptors (Lipinski definition) is 5. The van der Waals surface area contributed by atoms with Crippen LogP contribution in [0.3, 0.4) is 0 Å². The monoisotopic (exact) mass is 292 g/mol. The number of rotatable bonds is 8. The molecule has 0 aromatic carbocycles. The molecule has 0 fully saturated rings. The summed E-state index contributed by atoms with van der Waals surface area (Å²) in [5.74, 6) is 0.993. The van der Waals surface area contributed by atoms with Gasteiger partial charge in [0.25, 0.3) is 0 Å². The molecule has 4 nitrogen and oxygen atoms in total. The second-order valence-electron chi connectivity index (χ2n) is 5.53. The highest BCUT2D eigenvalue weighted by Gasteiger charge is 2.23. The van der Waals surface area contributed by atoms with E-state index in [1.165, 1.54) is 0 Å². The highest BCUT2D eigenvalue weighted by atomic mass is 32.2. The minimum absolute atomic E-state index is 0.328. The summed E-state index contributed by atoms with van der Waals surface area (Å²) in [4.78, 5) is 8.59. The molecule has 0 aliphatic rings. The zero-order valence-electron chi connectivity index (χ0n) is 12.8. The van der Waals surface area contributed by atoms with Gasteiger partial charge in [-0.25, -0.2) is 9.97 Å². The number of nitrogens with zero attached hydrogens (tertiary/aromatic N) is 3. The highest BCUT2D eigenvalue weighted by Crippen LogP contribution is 2.18. The first-order valence-corrected chi connectivity index (χ1v) is 8.05. The maximum Gasteiger partial charge on any atom is 0.187 e. The predicted molar refractivity (Wildman–Crippen MR) is 83.6 cm³/mol. The predicted octanol–water partition coefficient (Wildman–Crippen LogP) is 3.33. The van der Waals surface area contributed by atoms with Gasteiger partial charge in [-0.2, -0.15) is 5.26 Å². The summed E-state index contributed by atoms with van der Waals surface area (Å²) in [6.45, 7) is 8.09. The van der Waals surface area contributed by atoms with Gasteiger partial charge in [0.2, 0.25) is 0 Å². The molecule has 5 heteroatoms. The van der Waals surface area contributed by atoms with Gasteiger partial charge >= 0.3 is 0 Å². The Balaban J connectivity index is 2.26. The number of hydrogen-bond donors (Lipinski definition) is 1. The van der Waals surface area contributed by atoms with Crippen LogP contribution in [0.4, 0.5) is 0 Å². The van der Waals surface area contributed by atoms with E-state index >= 15 is 0 Å². The molecule has 0 aliphatic carbocycles. The van der Waals surface area contributed by atoms with Crippen molar-refractivity contribution >= 4 is 11.8 Å². The van der Waals surface area contributed by atoms with Crippen molar-refractivity contribution in [2.75, 3.05) is 5.75 Å². The number of nitrogens with one attached hydrogen (secondary N) is 1. The topological polar surface area (TPSA) is 61.6 Å². The van der Waals surface area contributed by atoms with Crippen molar-refractivity contribution in [3.63, 3.8) is 0 Å². The van der Waals surface area contributed by atoms with Crippen molar-refractivity contribution in [2.45, 2.75) is 63.7 Å². The Bertz CT molecular complexity index is 455. The molecule has 1 N–H and O–H groups in total. The molecule has 0 bridgehead atoms. The number of unbranched alkanes of at least 4 members (excludes halogenated alkanes) is 1. The van der Waals surface area contributed by atoms with E-state index in [4.69, 9.17) is 0 Å². The lowest BCUT2D eigenvalue weighted by Gasteiger charge is -2.25. The summed E-state index contributed by atoms with van der Waals surface area (Å²) < 4.78 is 0. The van der Waals surface area contributed by atoms with E-state index in [-0.39, 0.29) is 0 Å². The van der Waals surface area contributed by atoms with E-state index in [0.717, 1.165) is 35.9 Å². The Kier molecular flexibility index (Phi) is 6.97. The fourth-order valence-corrected chi connectivity index (χ4v) is 2.91. The quantitative estimate of drug-likeness (QED) is 0.452. The Labute approximate surface area is 126 Å². The average Bonchev–Trinajstić information content (AvgIpc) is 2.37. The number of aromatic nitrogens is 2. The fraction of sp³-hybridized carbons (Fsp3) is 0.667. The molecule has 0 aliphatic heterocycles. The van der Waals surface area contributed by atoms with Crippen molar-refractivity contribution in [3.8, 4) is 6.07 Å². The second kappa shape index (κ2) is 8.23. The van der Waals surface area contributed by atoms with E-state index in [2.05, 4.69) is 35.2 Å². The van der Waals surface area contributed by atoms with Gasteiger partial charge in [0.05, 0.1) is 6.07 Å². The lowest BCUT2D eigenvalue weighted by atomic mass is 9.96. The second-order valence-corrected chi connectivity index (χ2v) is 6.59. The van der Waals surface area contributed by atoms with Gasteiger partial charge in [-0.15, -0.1) is 0 Å². The molecule has 0 radical (unpaired) electrons. The summed E-state index contributed by atoms with van der Waals surface area (Å²) in [6.07, 6.45) is 4.77. The maximum absolute atomic E-state index is 9.26. The van der Waals surface area contributed by atoms with Crippen LogP contribution in [0.1, 0.15) is 45.7 Å². The first kappa shape index (κ1) is 16.9. The van der Waals surface area contributed by atoms with Gasteiger partial charge < -0.3 is 0 Å². The molecule has 110 valence electrons. The number of thioether (sulfide) groups is 1. The van der Waals surface area contributed by atoms with Crippen LogP contribution in [0, 0.1) is 18.3 Å². The molecular weight excluding hydrogens is 268 g/mol. The Morgan fingerprint density at radius 3 is 2.80 bits per heavy atom. The first-order chi connectivity index (χ1) is 9.45. The molecule has 1 heterocycles. The largest absolute Gasteiger partial charge is 0.297 e. The van der Waals surface area contributed by atoms with Crippen LogP contribution in [-0.4, -0.2) is 27.3 Å². The lowest BCUT2D eigenvalue weighted by Crippen LogP contribution is -2.44. The summed E-state index contributed by atoms with van der Waals surface area (Å²) in [7, 11) is 0. The van der Waals surface area contributed by atoms with Crippen LogP contribution in [0.5, 0.6) is 0 Å². The molecular formula is C15H24N4S. The number of nitriles is 1. The van der Waals surface area contributed by atoms with Crippen LogP contribution in [-0.2, 0) is 0 Å². The zero-order valence-corrected chi connectivity index (χ0v) is 13.6. The van der Waals surface area contributed by atoms with Crippen molar-refractivity contribution in [3.05, 3.63) is 18.0 Å². The fourth-order valence-electron chi connectivity index (χ4n) is 2.04. The number of aryl methyl sites for hydroxylation is 1. The van der Waals surface area contributed by atoms with Gasteiger partial charge in [0.1, 0.15) is 5.54 Å². The normalized spacial score (nSPS) is 14.0. The highest BCUT2D eigenvalue weighted by molar-refractivity contribution is 7.99. The standard InChI is InChI=1S/C15H24N4S/c1-12(2)19-15(4,11-16)8-5-6-10-20-14-17-9-7-13(3)18-14/h7,9,12,19H,5-6,8,10H2,1-4H3. The third-order valence-electron chi connectivity index (χ3n) is 2.93. The van der Waals surface area contributed by atoms with Gasteiger partial charge in [0.15, 0.2) is 5.16 Å². The summed E-state index contributed by atoms with van der Waals surface area (Å²) in [5, 5.41) is 13.4. The van der Waals surface area contributed by atoms with Crippen LogP contribution in [0.2, 0.25) is 0 Å². The minimum Gasteiger partial charge on any atom is -0.297 e. The van der Waals surface area contributed by atoms with Crippen LogP contribution in [0.25, 0.3) is 0 Å². The SMILES string of the molecule is Cc1ccnc(SCCCCC(C)(C#N)NC(C)C)n1. The smallest absolute Gasteiger partial charge is 0.187 e. The molecule has 20 heavy (non-hydrogen) atoms. The molecule has 0 spiro atoms. The molecule has 1 aromatic rings. The molecule has 1 aromatic heterocycles. The van der Waals surface area contributed by atoms with Crippen molar-refractivity contribution in [1.29, 1.82) is 5.26 Å². The van der Waals surface area contributed by atoms with Gasteiger partial charge in [-0.3, -0.25) is 5.32 Å². The van der Waals surface area contributed by atoms with Gasteiger partial charge in [-0.1, -0.05) is 11.8 Å². The van der Waals surface area contributed by atoms with Crippen molar-refractivity contribution < 1.29 is 0 Å². The summed E-state index contributed by atoms with van der Waals surface area (Å²) in [5.41, 5.74) is 0.583. The molecule has 0 saturated heterocycles. The summed E-state index contributed by atoms with van der Waals surface area (Å²) in [6, 6.07) is 4.61. The van der Waals surface area contributed by atoms with Crippen LogP contribution in [0.15, 0.2) is 17.4 Å². The lowest BCUT2D eigenvalue weighted by molar-refractivity contribution is 0.372. The Morgan fingerprint density at radius 2 is 2.20 bits per heavy atom. The third kappa shape index (κ3) is 6.36. The minimum atomic E-state index is -0.418. The van der Waals surface area contributed by atoms with E-state index in [1.54, 1.807) is 18.0 Å². The van der Waals surface area contributed by atoms with Gasteiger partial charge in [-0.05, 0) is 53.0 Å². The van der Waals surface area contributed by atoms with Crippen LogP contribution >= 0.6 is 11.8 Å². The molecule has 1 rings (SSSR count). The maximum atomic E-state index is 9.26. The molecule has 0 saturated carbocycles. The molecule has 1 unspecified atom stereocenters. The zero-order chi connectivity index (χ0) is 15.0. The van der Waals surface area contributed by atoms with E-state index in [0.29, 0.717) is 6.04 Å². The first-order valence-electron chi connectivity index (χ1n) is 7.06. The molecule has 0 amide bonds. The van der Waals surface area contributed by atoms with E-state index in [1.807, 2.05) is 19.9 Å². The Morgan fingerprint density at radius 1 is 1.45 bits per heavy atom. The summed E-state index contributed by atoms with van der Waals surface area (Å²) >= 11 is 1.68. The third-order valence-corrected chi connectivity index (χ3v) is 3.88.